The fourth-order valence-electron chi connectivity index (χ4n) is 1.52. The third-order valence-corrected chi connectivity index (χ3v) is 2.43. The summed E-state index contributed by atoms with van der Waals surface area (Å²) in [5, 5.41) is 8.57. The number of benzene rings is 1. The number of methoxy groups -OCH3 is 1. The molecule has 18 heavy (non-hydrogen) atoms. The van der Waals surface area contributed by atoms with Crippen molar-refractivity contribution in [1.82, 2.24) is 0 Å². The van der Waals surface area contributed by atoms with Crippen molar-refractivity contribution < 1.29 is 19.3 Å². The van der Waals surface area contributed by atoms with Crippen molar-refractivity contribution in [2.75, 3.05) is 33.5 Å². The molecule has 0 saturated heterocycles. The Bertz CT molecular complexity index is 355. The van der Waals surface area contributed by atoms with E-state index in [-0.39, 0.29) is 12.6 Å². The van der Waals surface area contributed by atoms with E-state index in [0.29, 0.717) is 25.6 Å². The summed E-state index contributed by atoms with van der Waals surface area (Å²) in [5.41, 5.74) is 6.80. The summed E-state index contributed by atoms with van der Waals surface area (Å²) in [6.45, 7) is 3.08. The van der Waals surface area contributed by atoms with Crippen LogP contribution < -0.4 is 15.2 Å². The average molecular weight is 255 g/mol. The van der Waals surface area contributed by atoms with Gasteiger partial charge in [-0.15, -0.1) is 0 Å². The van der Waals surface area contributed by atoms with Crippen LogP contribution >= 0.6 is 0 Å². The Labute approximate surface area is 107 Å². The van der Waals surface area contributed by atoms with Crippen LogP contribution in [0.25, 0.3) is 0 Å². The van der Waals surface area contributed by atoms with Crippen LogP contribution in [0.4, 0.5) is 0 Å². The summed E-state index contributed by atoms with van der Waals surface area (Å²) in [5.74, 6) is 1.43. The van der Waals surface area contributed by atoms with Gasteiger partial charge in [0.15, 0.2) is 0 Å². The monoisotopic (exact) mass is 255 g/mol. The molecule has 102 valence electrons. The molecule has 1 unspecified atom stereocenters. The van der Waals surface area contributed by atoms with Gasteiger partial charge in [0, 0.05) is 17.7 Å². The molecule has 3 N–H and O–H groups in total. The predicted molar refractivity (Wildman–Crippen MR) is 69.0 cm³/mol. The second kappa shape index (κ2) is 7.92. The van der Waals surface area contributed by atoms with Crippen LogP contribution in [0.2, 0.25) is 0 Å². The summed E-state index contributed by atoms with van der Waals surface area (Å²) in [6, 6.07) is 5.45. The van der Waals surface area contributed by atoms with Crippen molar-refractivity contribution >= 4 is 0 Å². The fraction of sp³-hybridized carbons (Fsp3) is 0.538. The molecule has 0 amide bonds. The minimum absolute atomic E-state index is 0.0181. The minimum Gasteiger partial charge on any atom is -0.497 e. The van der Waals surface area contributed by atoms with Crippen LogP contribution in [0.1, 0.15) is 18.5 Å². The summed E-state index contributed by atoms with van der Waals surface area (Å²) in [7, 11) is 1.61. The average Bonchev–Trinajstić information content (AvgIpc) is 2.38. The molecule has 0 aliphatic rings. The maximum absolute atomic E-state index is 8.57. The van der Waals surface area contributed by atoms with E-state index in [1.54, 1.807) is 7.11 Å². The van der Waals surface area contributed by atoms with Crippen molar-refractivity contribution in [3.8, 4) is 11.5 Å². The maximum Gasteiger partial charge on any atom is 0.127 e. The largest absolute Gasteiger partial charge is 0.497 e. The number of ether oxygens (including phenoxy) is 3. The Morgan fingerprint density at radius 3 is 2.67 bits per heavy atom. The van der Waals surface area contributed by atoms with Gasteiger partial charge in [-0.25, -0.2) is 0 Å². The molecule has 0 aromatic heterocycles. The number of aliphatic hydroxyl groups excluding tert-OH is 1. The van der Waals surface area contributed by atoms with Crippen LogP contribution in [0, 0.1) is 0 Å². The molecular weight excluding hydrogens is 234 g/mol. The van der Waals surface area contributed by atoms with Crippen molar-refractivity contribution in [3.05, 3.63) is 23.8 Å². The summed E-state index contributed by atoms with van der Waals surface area (Å²) >= 11 is 0. The zero-order chi connectivity index (χ0) is 13.4. The fourth-order valence-corrected chi connectivity index (χ4v) is 1.52. The standard InChI is InChI=1S/C13H21NO4/c1-10(14)12-4-3-11(16-2)9-13(12)18-8-7-17-6-5-15/h3-4,9-10,15H,5-8,14H2,1-2H3. The Balaban J connectivity index is 2.60. The number of aliphatic hydroxyl groups is 1. The number of nitrogens with two attached hydrogens (primary N) is 1. The first-order valence-electron chi connectivity index (χ1n) is 5.94. The number of rotatable bonds is 8. The molecular formula is C13H21NO4. The van der Waals surface area contributed by atoms with E-state index in [2.05, 4.69) is 0 Å². The lowest BCUT2D eigenvalue weighted by molar-refractivity contribution is 0.0702. The van der Waals surface area contributed by atoms with Gasteiger partial charge < -0.3 is 25.1 Å². The first-order valence-corrected chi connectivity index (χ1v) is 5.94. The second-order valence-electron chi connectivity index (χ2n) is 3.88. The Hall–Kier alpha value is -1.30. The van der Waals surface area contributed by atoms with Gasteiger partial charge in [-0.1, -0.05) is 6.07 Å². The SMILES string of the molecule is COc1ccc(C(C)N)c(OCCOCCO)c1. The maximum atomic E-state index is 8.57. The van der Waals surface area contributed by atoms with Crippen molar-refractivity contribution in [2.24, 2.45) is 5.73 Å². The molecule has 0 saturated carbocycles. The Morgan fingerprint density at radius 1 is 1.28 bits per heavy atom. The predicted octanol–water partition coefficient (Wildman–Crippen LogP) is 1.10. The van der Waals surface area contributed by atoms with Crippen molar-refractivity contribution in [3.63, 3.8) is 0 Å². The van der Waals surface area contributed by atoms with Gasteiger partial charge in [0.25, 0.3) is 0 Å². The van der Waals surface area contributed by atoms with Gasteiger partial charge in [-0.3, -0.25) is 0 Å². The van der Waals surface area contributed by atoms with Gasteiger partial charge >= 0.3 is 0 Å². The van der Waals surface area contributed by atoms with Crippen LogP contribution in [0.3, 0.4) is 0 Å². The molecule has 0 heterocycles. The van der Waals surface area contributed by atoms with Crippen molar-refractivity contribution in [1.29, 1.82) is 0 Å². The molecule has 0 aliphatic carbocycles. The van der Waals surface area contributed by atoms with E-state index >= 15 is 0 Å². The highest BCUT2D eigenvalue weighted by molar-refractivity contribution is 5.42. The van der Waals surface area contributed by atoms with Gasteiger partial charge in [-0.2, -0.15) is 0 Å². The quantitative estimate of drug-likeness (QED) is 0.680. The Morgan fingerprint density at radius 2 is 2.06 bits per heavy atom. The smallest absolute Gasteiger partial charge is 0.127 e. The van der Waals surface area contributed by atoms with E-state index in [0.717, 1.165) is 11.3 Å². The van der Waals surface area contributed by atoms with Gasteiger partial charge in [0.05, 0.1) is 26.9 Å². The van der Waals surface area contributed by atoms with E-state index in [9.17, 15) is 0 Å². The molecule has 0 fully saturated rings. The van der Waals surface area contributed by atoms with E-state index in [1.165, 1.54) is 0 Å². The number of hydrogen-bond donors (Lipinski definition) is 2. The lowest BCUT2D eigenvalue weighted by Crippen LogP contribution is -2.12. The zero-order valence-electron chi connectivity index (χ0n) is 10.9. The van der Waals surface area contributed by atoms with Crippen LogP contribution in [0.5, 0.6) is 11.5 Å². The van der Waals surface area contributed by atoms with Gasteiger partial charge in [0.1, 0.15) is 18.1 Å². The second-order valence-corrected chi connectivity index (χ2v) is 3.88. The topological polar surface area (TPSA) is 73.9 Å². The van der Waals surface area contributed by atoms with Crippen LogP contribution in [-0.4, -0.2) is 38.6 Å². The molecule has 0 radical (unpaired) electrons. The molecule has 0 aliphatic heterocycles. The third-order valence-electron chi connectivity index (χ3n) is 2.43. The van der Waals surface area contributed by atoms with Crippen LogP contribution in [0.15, 0.2) is 18.2 Å². The highest BCUT2D eigenvalue weighted by atomic mass is 16.5. The third kappa shape index (κ3) is 4.52. The summed E-state index contributed by atoms with van der Waals surface area (Å²) in [6.07, 6.45) is 0. The highest BCUT2D eigenvalue weighted by Crippen LogP contribution is 2.28. The first-order chi connectivity index (χ1) is 8.69. The lowest BCUT2D eigenvalue weighted by Gasteiger charge is -2.15. The minimum atomic E-state index is -0.107. The zero-order valence-corrected chi connectivity index (χ0v) is 10.9. The lowest BCUT2D eigenvalue weighted by atomic mass is 10.1. The van der Waals surface area contributed by atoms with E-state index < -0.39 is 0 Å². The molecule has 1 atom stereocenters. The van der Waals surface area contributed by atoms with Crippen molar-refractivity contribution in [2.45, 2.75) is 13.0 Å². The first kappa shape index (κ1) is 14.8. The molecule has 1 aromatic carbocycles. The van der Waals surface area contributed by atoms with E-state index in [4.69, 9.17) is 25.1 Å². The normalized spacial score (nSPS) is 12.2. The summed E-state index contributed by atoms with van der Waals surface area (Å²) in [4.78, 5) is 0. The summed E-state index contributed by atoms with van der Waals surface area (Å²) < 4.78 is 15.9. The Kier molecular flexibility index (Phi) is 6.49. The molecule has 0 spiro atoms. The number of hydrogen-bond acceptors (Lipinski definition) is 5. The molecule has 1 aromatic rings. The molecule has 0 bridgehead atoms. The highest BCUT2D eigenvalue weighted by Gasteiger charge is 2.09. The molecule has 1 rings (SSSR count). The molecule has 5 nitrogen and oxygen atoms in total. The molecule has 5 heteroatoms. The van der Waals surface area contributed by atoms with Gasteiger partial charge in [-0.05, 0) is 13.0 Å². The van der Waals surface area contributed by atoms with E-state index in [1.807, 2.05) is 25.1 Å². The van der Waals surface area contributed by atoms with Gasteiger partial charge in [0.2, 0.25) is 0 Å². The van der Waals surface area contributed by atoms with Crippen LogP contribution in [-0.2, 0) is 4.74 Å².